The zero-order valence-corrected chi connectivity index (χ0v) is 9.00. The van der Waals surface area contributed by atoms with Crippen molar-refractivity contribution in [1.82, 2.24) is 10.2 Å². The topological polar surface area (TPSA) is 58.6 Å². The van der Waals surface area contributed by atoms with E-state index in [9.17, 15) is 9.59 Å². The van der Waals surface area contributed by atoms with Crippen molar-refractivity contribution in [3.05, 3.63) is 0 Å². The van der Waals surface area contributed by atoms with Crippen molar-refractivity contribution >= 4 is 11.9 Å². The highest BCUT2D eigenvalue weighted by molar-refractivity contribution is 5.81. The van der Waals surface area contributed by atoms with Gasteiger partial charge in [0.05, 0.1) is 6.61 Å². The molecular weight excluding hydrogens is 184 g/mol. The van der Waals surface area contributed by atoms with Gasteiger partial charge in [-0.25, -0.2) is 0 Å². The van der Waals surface area contributed by atoms with E-state index >= 15 is 0 Å². The molecule has 0 aromatic heterocycles. The number of ether oxygens (including phenoxy) is 1. The molecule has 0 unspecified atom stereocenters. The Bertz CT molecular complexity index is 192. The van der Waals surface area contributed by atoms with E-state index in [4.69, 9.17) is 0 Å². The molecule has 0 fully saturated rings. The van der Waals surface area contributed by atoms with E-state index in [1.165, 1.54) is 0 Å². The lowest BCUT2D eigenvalue weighted by atomic mass is 10.4. The van der Waals surface area contributed by atoms with Crippen molar-refractivity contribution in [1.29, 1.82) is 0 Å². The van der Waals surface area contributed by atoms with E-state index in [1.807, 2.05) is 19.0 Å². The molecule has 5 nitrogen and oxygen atoms in total. The molecule has 0 saturated heterocycles. The third kappa shape index (κ3) is 7.54. The van der Waals surface area contributed by atoms with Crippen molar-refractivity contribution in [3.8, 4) is 0 Å². The van der Waals surface area contributed by atoms with Gasteiger partial charge in [-0.1, -0.05) is 0 Å². The molecule has 0 heterocycles. The van der Waals surface area contributed by atoms with Crippen LogP contribution in [0.5, 0.6) is 0 Å². The first-order chi connectivity index (χ1) is 6.56. The van der Waals surface area contributed by atoms with Gasteiger partial charge in [-0.05, 0) is 21.0 Å². The van der Waals surface area contributed by atoms with Crippen LogP contribution in [-0.2, 0) is 14.3 Å². The molecule has 0 aliphatic heterocycles. The van der Waals surface area contributed by atoms with Crippen molar-refractivity contribution in [2.75, 3.05) is 33.8 Å². The number of hydrogen-bond acceptors (Lipinski definition) is 4. The Morgan fingerprint density at radius 1 is 1.36 bits per heavy atom. The van der Waals surface area contributed by atoms with Gasteiger partial charge in [-0.3, -0.25) is 9.59 Å². The van der Waals surface area contributed by atoms with Crippen LogP contribution in [0, 0.1) is 0 Å². The molecule has 0 radical (unpaired) electrons. The van der Waals surface area contributed by atoms with Crippen molar-refractivity contribution in [3.63, 3.8) is 0 Å². The number of nitrogens with zero attached hydrogens (tertiary/aromatic N) is 1. The Kier molecular flexibility index (Phi) is 6.74. The molecule has 0 aliphatic rings. The maximum Gasteiger partial charge on any atom is 0.325 e. The third-order valence-corrected chi connectivity index (χ3v) is 1.52. The minimum absolute atomic E-state index is 0.0416. The number of esters is 1. The summed E-state index contributed by atoms with van der Waals surface area (Å²) in [6.45, 7) is 2.70. The molecule has 0 aliphatic carbocycles. The van der Waals surface area contributed by atoms with Crippen LogP contribution >= 0.6 is 0 Å². The fourth-order valence-electron chi connectivity index (χ4n) is 0.796. The summed E-state index contributed by atoms with van der Waals surface area (Å²) in [5.41, 5.74) is 0. The number of rotatable bonds is 6. The smallest absolute Gasteiger partial charge is 0.325 e. The molecule has 1 N–H and O–H groups in total. The van der Waals surface area contributed by atoms with Gasteiger partial charge in [-0.2, -0.15) is 0 Å². The Morgan fingerprint density at radius 3 is 2.50 bits per heavy atom. The van der Waals surface area contributed by atoms with E-state index in [0.717, 1.165) is 0 Å². The lowest BCUT2D eigenvalue weighted by molar-refractivity contribution is -0.143. The number of hydrogen-bond donors (Lipinski definition) is 1. The van der Waals surface area contributed by atoms with Crippen LogP contribution in [0.3, 0.4) is 0 Å². The summed E-state index contributed by atoms with van der Waals surface area (Å²) >= 11 is 0. The maximum atomic E-state index is 11.1. The first kappa shape index (κ1) is 12.9. The van der Waals surface area contributed by atoms with Gasteiger partial charge in [0.15, 0.2) is 0 Å². The number of carbonyl (C=O) groups excluding carboxylic acids is 2. The zero-order chi connectivity index (χ0) is 11.0. The van der Waals surface area contributed by atoms with Crippen LogP contribution in [0.25, 0.3) is 0 Å². The lowest BCUT2D eigenvalue weighted by Gasteiger charge is -2.09. The summed E-state index contributed by atoms with van der Waals surface area (Å²) in [4.78, 5) is 23.9. The highest BCUT2D eigenvalue weighted by atomic mass is 16.5. The summed E-state index contributed by atoms with van der Waals surface area (Å²) in [5, 5.41) is 2.48. The number of amides is 1. The summed E-state index contributed by atoms with van der Waals surface area (Å²) in [5.74, 6) is -0.530. The van der Waals surface area contributed by atoms with E-state index in [-0.39, 0.29) is 12.5 Å². The summed E-state index contributed by atoms with van der Waals surface area (Å²) in [7, 11) is 3.78. The second-order valence-corrected chi connectivity index (χ2v) is 3.14. The molecule has 0 saturated carbocycles. The second kappa shape index (κ2) is 7.32. The maximum absolute atomic E-state index is 11.1. The summed E-state index contributed by atoms with van der Waals surface area (Å²) in [6, 6.07) is 0. The molecule has 82 valence electrons. The normalized spacial score (nSPS) is 10.0. The molecule has 0 rings (SSSR count). The van der Waals surface area contributed by atoms with Gasteiger partial charge in [0, 0.05) is 13.0 Å². The van der Waals surface area contributed by atoms with Gasteiger partial charge in [-0.15, -0.1) is 0 Å². The first-order valence-electron chi connectivity index (χ1n) is 4.63. The molecule has 14 heavy (non-hydrogen) atoms. The molecule has 0 aromatic carbocycles. The lowest BCUT2D eigenvalue weighted by Crippen LogP contribution is -2.32. The molecule has 0 atom stereocenters. The van der Waals surface area contributed by atoms with Crippen LogP contribution in [0.1, 0.15) is 13.3 Å². The molecule has 0 spiro atoms. The highest BCUT2D eigenvalue weighted by Gasteiger charge is 2.05. The summed E-state index contributed by atoms with van der Waals surface area (Å²) in [6.07, 6.45) is 0.395. The Balaban J connectivity index is 3.48. The molecule has 1 amide bonds. The standard InChI is InChI=1S/C9H18N2O3/c1-4-14-9(13)7-10-8(12)5-6-11(2)3/h4-7H2,1-3H3,(H,10,12). The minimum atomic E-state index is -0.397. The van der Waals surface area contributed by atoms with Crippen LogP contribution in [0.4, 0.5) is 0 Å². The summed E-state index contributed by atoms with van der Waals surface area (Å²) < 4.78 is 4.65. The van der Waals surface area contributed by atoms with Gasteiger partial charge in [0.1, 0.15) is 6.54 Å². The van der Waals surface area contributed by atoms with Gasteiger partial charge < -0.3 is 15.0 Å². The fraction of sp³-hybridized carbons (Fsp3) is 0.778. The van der Waals surface area contributed by atoms with Crippen molar-refractivity contribution < 1.29 is 14.3 Å². The van der Waals surface area contributed by atoms with Crippen LogP contribution < -0.4 is 5.32 Å². The quantitative estimate of drug-likeness (QED) is 0.596. The monoisotopic (exact) mass is 202 g/mol. The zero-order valence-electron chi connectivity index (χ0n) is 9.00. The minimum Gasteiger partial charge on any atom is -0.465 e. The predicted molar refractivity (Wildman–Crippen MR) is 52.8 cm³/mol. The largest absolute Gasteiger partial charge is 0.465 e. The van der Waals surface area contributed by atoms with Gasteiger partial charge in [0.25, 0.3) is 0 Å². The van der Waals surface area contributed by atoms with E-state index in [2.05, 4.69) is 10.1 Å². The SMILES string of the molecule is CCOC(=O)CNC(=O)CCN(C)C. The molecular formula is C9H18N2O3. The van der Waals surface area contributed by atoms with Crippen LogP contribution in [0.2, 0.25) is 0 Å². The Labute approximate surface area is 84.4 Å². The molecule has 0 aromatic rings. The van der Waals surface area contributed by atoms with Crippen molar-refractivity contribution in [2.45, 2.75) is 13.3 Å². The van der Waals surface area contributed by atoms with Gasteiger partial charge in [0.2, 0.25) is 5.91 Å². The van der Waals surface area contributed by atoms with Crippen LogP contribution in [0.15, 0.2) is 0 Å². The number of nitrogens with one attached hydrogen (secondary N) is 1. The fourth-order valence-corrected chi connectivity index (χ4v) is 0.796. The first-order valence-corrected chi connectivity index (χ1v) is 4.63. The Hall–Kier alpha value is -1.10. The van der Waals surface area contributed by atoms with E-state index in [0.29, 0.717) is 19.6 Å². The van der Waals surface area contributed by atoms with E-state index < -0.39 is 5.97 Å². The average molecular weight is 202 g/mol. The van der Waals surface area contributed by atoms with Gasteiger partial charge >= 0.3 is 5.97 Å². The van der Waals surface area contributed by atoms with E-state index in [1.54, 1.807) is 6.92 Å². The average Bonchev–Trinajstić information content (AvgIpc) is 2.12. The Morgan fingerprint density at radius 2 is 2.00 bits per heavy atom. The number of carbonyl (C=O) groups is 2. The molecule has 0 bridgehead atoms. The highest BCUT2D eigenvalue weighted by Crippen LogP contribution is 1.83. The third-order valence-electron chi connectivity index (χ3n) is 1.52. The second-order valence-electron chi connectivity index (χ2n) is 3.14. The van der Waals surface area contributed by atoms with Crippen LogP contribution in [-0.4, -0.2) is 50.6 Å². The molecule has 5 heteroatoms. The predicted octanol–water partition coefficient (Wildman–Crippen LogP) is -0.383. The van der Waals surface area contributed by atoms with Crippen molar-refractivity contribution in [2.24, 2.45) is 0 Å².